The van der Waals surface area contributed by atoms with Gasteiger partial charge in [-0.25, -0.2) is 18.4 Å². The van der Waals surface area contributed by atoms with Crippen LogP contribution in [0.4, 0.5) is 0 Å². The van der Waals surface area contributed by atoms with Gasteiger partial charge < -0.3 is 47.9 Å². The Bertz CT molecular complexity index is 1270. The second kappa shape index (κ2) is 25.7. The topological polar surface area (TPSA) is 191 Å². The van der Waals surface area contributed by atoms with Crippen LogP contribution in [0.3, 0.4) is 0 Å². The lowest BCUT2D eigenvalue weighted by Gasteiger charge is -2.43. The van der Waals surface area contributed by atoms with Crippen LogP contribution in [0.15, 0.2) is 11.4 Å². The molecule has 1 aliphatic heterocycles. The predicted octanol–water partition coefficient (Wildman–Crippen LogP) is 2.70. The molecule has 1 aliphatic carbocycles. The Kier molecular flexibility index (Phi) is 21.8. The maximum Gasteiger partial charge on any atom is 0.303 e. The largest absolute Gasteiger partial charge is 0.481 e. The number of sulfone groups is 1. The van der Waals surface area contributed by atoms with Crippen molar-refractivity contribution in [2.45, 2.75) is 80.0 Å². The van der Waals surface area contributed by atoms with E-state index < -0.39 is 26.5 Å². The average Bonchev–Trinajstić information content (AvgIpc) is 3.71. The third-order valence-electron chi connectivity index (χ3n) is 9.40. The van der Waals surface area contributed by atoms with Gasteiger partial charge in [0.2, 0.25) is 15.0 Å². The van der Waals surface area contributed by atoms with Crippen LogP contribution in [0.25, 0.3) is 0 Å². The van der Waals surface area contributed by atoms with Crippen LogP contribution in [-0.2, 0) is 57.9 Å². The van der Waals surface area contributed by atoms with Gasteiger partial charge in [-0.1, -0.05) is 19.3 Å². The molecule has 3 rings (SSSR count). The maximum absolute atomic E-state index is 13.9. The van der Waals surface area contributed by atoms with Crippen molar-refractivity contribution in [1.29, 1.82) is 0 Å². The number of ether oxygens (including phenoxy) is 8. The number of fused-ring (bicyclic) bond motifs is 1. The van der Waals surface area contributed by atoms with Crippen LogP contribution < -0.4 is 0 Å². The van der Waals surface area contributed by atoms with Gasteiger partial charge in [0.25, 0.3) is 5.91 Å². The van der Waals surface area contributed by atoms with Crippen molar-refractivity contribution in [3.8, 4) is 0 Å². The van der Waals surface area contributed by atoms with E-state index in [-0.39, 0.29) is 29.6 Å². The third-order valence-corrected chi connectivity index (χ3v) is 11.5. The molecule has 0 radical (unpaired) electrons. The monoisotopic (exact) mass is 775 g/mol. The van der Waals surface area contributed by atoms with Crippen LogP contribution in [-0.4, -0.2) is 165 Å². The Hall–Kier alpha value is -2.35. The third kappa shape index (κ3) is 15.7. The molecular weight excluding hydrogens is 714 g/mol. The highest BCUT2D eigenvalue weighted by atomic mass is 32.2. The van der Waals surface area contributed by atoms with Gasteiger partial charge in [-0.05, 0) is 38.5 Å². The lowest BCUT2D eigenvalue weighted by atomic mass is 9.73. The van der Waals surface area contributed by atoms with Crippen molar-refractivity contribution >= 4 is 21.7 Å². The molecule has 17 heteroatoms. The number of carboxylic acids is 1. The van der Waals surface area contributed by atoms with Gasteiger partial charge in [0, 0.05) is 58.6 Å². The standard InChI is InChI=1S/C36H61N3O13S/c1-45-16-18-49-24-26-51-22-20-47-14-11-36(12-15-48-21-23-52-27-25-50-19-17-46-2)29-39(13-7-3-4-10-32(40)41)34(42)31-28-37-35(38-33(31)36)53(43,44)30-8-5-6-9-30/h28,30H,3-27,29H2,1-2H3,(H,40,41). The molecule has 0 atom stereocenters. The molecule has 0 spiro atoms. The summed E-state index contributed by atoms with van der Waals surface area (Å²) in [6.07, 6.45) is 6.86. The van der Waals surface area contributed by atoms with Crippen LogP contribution in [0.1, 0.15) is 80.3 Å². The van der Waals surface area contributed by atoms with Gasteiger partial charge in [-0.2, -0.15) is 0 Å². The summed E-state index contributed by atoms with van der Waals surface area (Å²) in [6.45, 7) is 6.45. The molecule has 16 nitrogen and oxygen atoms in total. The first-order chi connectivity index (χ1) is 25.7. The molecule has 1 aromatic heterocycles. The number of carbonyl (C=O) groups is 2. The summed E-state index contributed by atoms with van der Waals surface area (Å²) in [5, 5.41) is 8.27. The van der Waals surface area contributed by atoms with Crippen LogP contribution >= 0.6 is 0 Å². The zero-order chi connectivity index (χ0) is 38.2. The molecule has 2 aliphatic rings. The average molecular weight is 776 g/mol. The van der Waals surface area contributed by atoms with Gasteiger partial charge in [-0.15, -0.1) is 0 Å². The van der Waals surface area contributed by atoms with E-state index in [0.717, 1.165) is 12.8 Å². The molecule has 304 valence electrons. The first-order valence-corrected chi connectivity index (χ1v) is 20.4. The highest BCUT2D eigenvalue weighted by Crippen LogP contribution is 2.40. The summed E-state index contributed by atoms with van der Waals surface area (Å²) in [5.41, 5.74) is -0.141. The number of hydrogen-bond donors (Lipinski definition) is 1. The van der Waals surface area contributed by atoms with Crippen molar-refractivity contribution in [2.24, 2.45) is 0 Å². The van der Waals surface area contributed by atoms with Gasteiger partial charge >= 0.3 is 5.97 Å². The molecule has 53 heavy (non-hydrogen) atoms. The molecule has 0 aromatic carbocycles. The lowest BCUT2D eigenvalue weighted by molar-refractivity contribution is -0.137. The molecule has 0 bridgehead atoms. The molecule has 0 unspecified atom stereocenters. The van der Waals surface area contributed by atoms with Crippen molar-refractivity contribution in [1.82, 2.24) is 14.9 Å². The van der Waals surface area contributed by atoms with E-state index in [0.29, 0.717) is 150 Å². The predicted molar refractivity (Wildman–Crippen MR) is 193 cm³/mol. The van der Waals surface area contributed by atoms with Gasteiger partial charge in [0.15, 0.2) is 0 Å². The van der Waals surface area contributed by atoms with Gasteiger partial charge in [0.1, 0.15) is 0 Å². The Morgan fingerprint density at radius 3 is 1.75 bits per heavy atom. The van der Waals surface area contributed by atoms with E-state index in [1.165, 1.54) is 6.20 Å². The van der Waals surface area contributed by atoms with Crippen molar-refractivity contribution in [3.63, 3.8) is 0 Å². The summed E-state index contributed by atoms with van der Waals surface area (Å²) in [7, 11) is -0.565. The summed E-state index contributed by atoms with van der Waals surface area (Å²) < 4.78 is 71.4. The zero-order valence-corrected chi connectivity index (χ0v) is 32.5. The smallest absolute Gasteiger partial charge is 0.303 e. The molecule has 1 aromatic rings. The molecular formula is C36H61N3O13S. The number of rotatable bonds is 32. The van der Waals surface area contributed by atoms with Gasteiger partial charge in [0.05, 0.1) is 95.8 Å². The van der Waals surface area contributed by atoms with Crippen LogP contribution in [0.2, 0.25) is 0 Å². The maximum atomic E-state index is 13.9. The minimum absolute atomic E-state index is 0.0661. The van der Waals surface area contributed by atoms with Crippen molar-refractivity contribution < 1.29 is 61.0 Å². The molecule has 1 N–H and O–H groups in total. The minimum atomic E-state index is -3.80. The molecule has 0 saturated heterocycles. The Labute approximate surface area is 314 Å². The van der Waals surface area contributed by atoms with E-state index in [2.05, 4.69) is 4.98 Å². The second-order valence-corrected chi connectivity index (χ2v) is 15.4. The first-order valence-electron chi connectivity index (χ1n) is 18.8. The number of carboxylic acid groups (broad SMARTS) is 1. The van der Waals surface area contributed by atoms with Crippen molar-refractivity contribution in [2.75, 3.05) is 120 Å². The van der Waals surface area contributed by atoms with E-state index in [1.54, 1.807) is 19.1 Å². The quantitative estimate of drug-likeness (QED) is 0.0830. The van der Waals surface area contributed by atoms with E-state index in [9.17, 15) is 18.0 Å². The molecule has 1 amide bonds. The van der Waals surface area contributed by atoms with Gasteiger partial charge in [-0.3, -0.25) is 9.59 Å². The number of hydrogen-bond acceptors (Lipinski definition) is 14. The summed E-state index contributed by atoms with van der Waals surface area (Å²) in [4.78, 5) is 35.7. The Balaban J connectivity index is 1.75. The Morgan fingerprint density at radius 1 is 0.774 bits per heavy atom. The first kappa shape index (κ1) is 45.0. The number of nitrogens with zero attached hydrogens (tertiary/aromatic N) is 3. The SMILES string of the molecule is COCCOCCOCCOCCC1(CCOCCOCCOCCOC)CN(CCCCCC(=O)O)C(=O)c2cnc(S(=O)(=O)C3CCCC3)nc21. The molecule has 1 saturated carbocycles. The highest BCUT2D eigenvalue weighted by molar-refractivity contribution is 7.91. The van der Waals surface area contributed by atoms with E-state index in [4.69, 9.17) is 48.0 Å². The van der Waals surface area contributed by atoms with E-state index >= 15 is 0 Å². The number of carbonyl (C=O) groups excluding carboxylic acids is 1. The van der Waals surface area contributed by atoms with E-state index in [1.807, 2.05) is 0 Å². The molecule has 2 heterocycles. The highest BCUT2D eigenvalue weighted by Gasteiger charge is 2.45. The van der Waals surface area contributed by atoms with Crippen LogP contribution in [0, 0.1) is 0 Å². The summed E-state index contributed by atoms with van der Waals surface area (Å²) in [6, 6.07) is 0. The fourth-order valence-corrected chi connectivity index (χ4v) is 8.12. The number of aliphatic carboxylic acids is 1. The number of methoxy groups -OCH3 is 2. The Morgan fingerprint density at radius 2 is 1.26 bits per heavy atom. The number of amides is 1. The van der Waals surface area contributed by atoms with Crippen LogP contribution in [0.5, 0.6) is 0 Å². The number of unbranched alkanes of at least 4 members (excludes halogenated alkanes) is 2. The minimum Gasteiger partial charge on any atom is -0.481 e. The summed E-state index contributed by atoms with van der Waals surface area (Å²) >= 11 is 0. The molecule has 1 fully saturated rings. The lowest BCUT2D eigenvalue weighted by Crippen LogP contribution is -2.52. The zero-order valence-electron chi connectivity index (χ0n) is 31.6. The number of aromatic nitrogens is 2. The second-order valence-electron chi connectivity index (χ2n) is 13.2. The fraction of sp³-hybridized carbons (Fsp3) is 0.833. The normalized spacial score (nSPS) is 16.0. The summed E-state index contributed by atoms with van der Waals surface area (Å²) in [5.74, 6) is -1.13. The fourth-order valence-electron chi connectivity index (χ4n) is 6.45. The van der Waals surface area contributed by atoms with Crippen molar-refractivity contribution in [3.05, 3.63) is 17.5 Å².